The second-order valence-electron chi connectivity index (χ2n) is 4.86. The minimum Gasteiger partial charge on any atom is -0.389 e. The van der Waals surface area contributed by atoms with E-state index < -0.39 is 0 Å². The number of nitrogens with two attached hydrogens (primary N) is 1. The highest BCUT2D eigenvalue weighted by Gasteiger charge is 2.12. The van der Waals surface area contributed by atoms with Crippen LogP contribution >= 0.6 is 12.2 Å². The zero-order chi connectivity index (χ0) is 14.9. The van der Waals surface area contributed by atoms with Gasteiger partial charge in [0.25, 0.3) is 5.56 Å². The molecule has 4 heteroatoms. The second kappa shape index (κ2) is 5.59. The number of thiocarbonyl (C=S) groups is 1. The third kappa shape index (κ3) is 2.51. The van der Waals surface area contributed by atoms with Crippen LogP contribution in [0.4, 0.5) is 0 Å². The maximum absolute atomic E-state index is 12.4. The number of aryl methyl sites for hydroxylation is 2. The van der Waals surface area contributed by atoms with Crippen LogP contribution in [0.1, 0.15) is 23.6 Å². The predicted octanol–water partition coefficient (Wildman–Crippen LogP) is 2.79. The summed E-state index contributed by atoms with van der Waals surface area (Å²) in [4.78, 5) is 12.6. The molecule has 0 unspecified atom stereocenters. The van der Waals surface area contributed by atoms with Crippen LogP contribution in [0.2, 0.25) is 0 Å². The zero-order valence-corrected chi connectivity index (χ0v) is 12.8. The van der Waals surface area contributed by atoms with Crippen LogP contribution in [-0.4, -0.2) is 9.56 Å². The van der Waals surface area contributed by atoms with Gasteiger partial charge < -0.3 is 10.3 Å². The van der Waals surface area contributed by atoms with E-state index in [1.807, 2.05) is 32.0 Å². The smallest absolute Gasteiger partial charge is 0.261 e. The topological polar surface area (TPSA) is 48.0 Å². The fourth-order valence-electron chi connectivity index (χ4n) is 2.42. The SMILES string of the molecule is CCn1c(-c2ccc(C)cc2C)ccc(C(N)=S)c1=O. The van der Waals surface area contributed by atoms with Gasteiger partial charge in [-0.05, 0) is 38.5 Å². The molecule has 0 radical (unpaired) electrons. The quantitative estimate of drug-likeness (QED) is 0.883. The average molecular weight is 286 g/mol. The first-order chi connectivity index (χ1) is 9.45. The monoisotopic (exact) mass is 286 g/mol. The van der Waals surface area contributed by atoms with E-state index in [1.54, 1.807) is 10.6 Å². The number of benzene rings is 1. The van der Waals surface area contributed by atoms with Crippen molar-refractivity contribution in [2.24, 2.45) is 5.73 Å². The van der Waals surface area contributed by atoms with Crippen LogP contribution in [0.5, 0.6) is 0 Å². The highest BCUT2D eigenvalue weighted by molar-refractivity contribution is 7.80. The van der Waals surface area contributed by atoms with Crippen molar-refractivity contribution in [2.75, 3.05) is 0 Å². The van der Waals surface area contributed by atoms with Crippen molar-refractivity contribution >= 4 is 17.2 Å². The normalized spacial score (nSPS) is 10.6. The van der Waals surface area contributed by atoms with E-state index >= 15 is 0 Å². The number of hydrogen-bond donors (Lipinski definition) is 1. The largest absolute Gasteiger partial charge is 0.389 e. The molecular weight excluding hydrogens is 268 g/mol. The lowest BCUT2D eigenvalue weighted by molar-refractivity contribution is 0.734. The van der Waals surface area contributed by atoms with Crippen molar-refractivity contribution < 1.29 is 0 Å². The Labute approximate surface area is 124 Å². The first kappa shape index (κ1) is 14.5. The van der Waals surface area contributed by atoms with E-state index in [-0.39, 0.29) is 10.5 Å². The van der Waals surface area contributed by atoms with E-state index in [9.17, 15) is 4.79 Å². The summed E-state index contributed by atoms with van der Waals surface area (Å²) in [5.74, 6) is 0. The summed E-state index contributed by atoms with van der Waals surface area (Å²) < 4.78 is 1.71. The molecule has 0 spiro atoms. The van der Waals surface area contributed by atoms with Gasteiger partial charge in [0, 0.05) is 12.1 Å². The summed E-state index contributed by atoms with van der Waals surface area (Å²) in [5.41, 5.74) is 10.2. The highest BCUT2D eigenvalue weighted by Crippen LogP contribution is 2.23. The first-order valence-electron chi connectivity index (χ1n) is 6.57. The van der Waals surface area contributed by atoms with Crippen LogP contribution in [0.15, 0.2) is 35.1 Å². The average Bonchev–Trinajstić information content (AvgIpc) is 2.38. The molecule has 0 fully saturated rings. The molecule has 2 aromatic rings. The number of hydrogen-bond acceptors (Lipinski definition) is 2. The number of aromatic nitrogens is 1. The van der Waals surface area contributed by atoms with Gasteiger partial charge in [0.1, 0.15) is 4.99 Å². The Morgan fingerprint density at radius 2 is 1.95 bits per heavy atom. The Kier molecular flexibility index (Phi) is 4.04. The van der Waals surface area contributed by atoms with Gasteiger partial charge in [-0.15, -0.1) is 0 Å². The molecule has 0 saturated carbocycles. The zero-order valence-electron chi connectivity index (χ0n) is 11.9. The standard InChI is InChI=1S/C16H18N2OS/c1-4-18-14(8-7-13(15(17)20)16(18)19)12-6-5-10(2)9-11(12)3/h5-9H,4H2,1-3H3,(H2,17,20). The van der Waals surface area contributed by atoms with Crippen LogP contribution in [0.25, 0.3) is 11.3 Å². The molecular formula is C16H18N2OS. The molecule has 0 atom stereocenters. The molecule has 0 bridgehead atoms. The molecule has 0 amide bonds. The second-order valence-corrected chi connectivity index (χ2v) is 5.30. The van der Waals surface area contributed by atoms with Crippen LogP contribution in [0.3, 0.4) is 0 Å². The summed E-state index contributed by atoms with van der Waals surface area (Å²) in [7, 11) is 0. The van der Waals surface area contributed by atoms with E-state index in [0.717, 1.165) is 16.8 Å². The Morgan fingerprint density at radius 3 is 2.50 bits per heavy atom. The molecule has 2 N–H and O–H groups in total. The summed E-state index contributed by atoms with van der Waals surface area (Å²) in [6.45, 7) is 6.63. The van der Waals surface area contributed by atoms with Gasteiger partial charge >= 0.3 is 0 Å². The van der Waals surface area contributed by atoms with Crippen molar-refractivity contribution in [2.45, 2.75) is 27.3 Å². The van der Waals surface area contributed by atoms with Crippen LogP contribution in [-0.2, 0) is 6.54 Å². The lowest BCUT2D eigenvalue weighted by Gasteiger charge is -2.15. The van der Waals surface area contributed by atoms with E-state index in [2.05, 4.69) is 13.0 Å². The molecule has 1 aromatic carbocycles. The van der Waals surface area contributed by atoms with E-state index in [0.29, 0.717) is 12.1 Å². The molecule has 1 aromatic heterocycles. The minimum absolute atomic E-state index is 0.127. The Balaban J connectivity index is 2.72. The summed E-state index contributed by atoms with van der Waals surface area (Å²) in [6, 6.07) is 9.84. The maximum Gasteiger partial charge on any atom is 0.261 e. The van der Waals surface area contributed by atoms with Crippen molar-refractivity contribution in [1.82, 2.24) is 4.57 Å². The molecule has 2 rings (SSSR count). The summed E-state index contributed by atoms with van der Waals surface area (Å²) >= 11 is 4.92. The molecule has 0 aliphatic heterocycles. The maximum atomic E-state index is 12.4. The summed E-state index contributed by atoms with van der Waals surface area (Å²) in [6.07, 6.45) is 0. The van der Waals surface area contributed by atoms with Crippen molar-refractivity contribution in [3.05, 3.63) is 57.4 Å². The van der Waals surface area contributed by atoms with Crippen molar-refractivity contribution in [3.8, 4) is 11.3 Å². The van der Waals surface area contributed by atoms with Gasteiger partial charge in [-0.1, -0.05) is 36.0 Å². The van der Waals surface area contributed by atoms with Gasteiger partial charge in [0.15, 0.2) is 0 Å². The van der Waals surface area contributed by atoms with E-state index in [1.165, 1.54) is 5.56 Å². The van der Waals surface area contributed by atoms with Gasteiger partial charge in [0.05, 0.1) is 11.3 Å². The fourth-order valence-corrected chi connectivity index (χ4v) is 2.57. The van der Waals surface area contributed by atoms with Gasteiger partial charge in [0.2, 0.25) is 0 Å². The molecule has 20 heavy (non-hydrogen) atoms. The number of nitrogens with zero attached hydrogens (tertiary/aromatic N) is 1. The fraction of sp³-hybridized carbons (Fsp3) is 0.250. The predicted molar refractivity (Wildman–Crippen MR) is 87.2 cm³/mol. The molecule has 104 valence electrons. The van der Waals surface area contributed by atoms with E-state index in [4.69, 9.17) is 18.0 Å². The summed E-state index contributed by atoms with van der Waals surface area (Å²) in [5, 5.41) is 0. The molecule has 1 heterocycles. The minimum atomic E-state index is -0.127. The van der Waals surface area contributed by atoms with Crippen molar-refractivity contribution in [1.29, 1.82) is 0 Å². The first-order valence-corrected chi connectivity index (χ1v) is 6.97. The third-order valence-electron chi connectivity index (χ3n) is 3.41. The highest BCUT2D eigenvalue weighted by atomic mass is 32.1. The Morgan fingerprint density at radius 1 is 1.25 bits per heavy atom. The molecule has 3 nitrogen and oxygen atoms in total. The third-order valence-corrected chi connectivity index (χ3v) is 3.63. The van der Waals surface area contributed by atoms with Gasteiger partial charge in [-0.3, -0.25) is 4.79 Å². The molecule has 0 saturated heterocycles. The lowest BCUT2D eigenvalue weighted by atomic mass is 10.0. The van der Waals surface area contributed by atoms with Crippen LogP contribution in [0, 0.1) is 13.8 Å². The van der Waals surface area contributed by atoms with Gasteiger partial charge in [-0.2, -0.15) is 0 Å². The number of pyridine rings is 1. The van der Waals surface area contributed by atoms with Crippen LogP contribution < -0.4 is 11.3 Å². The molecule has 0 aliphatic rings. The van der Waals surface area contributed by atoms with Crippen molar-refractivity contribution in [3.63, 3.8) is 0 Å². The molecule has 0 aliphatic carbocycles. The Bertz CT molecular complexity index is 732. The Hall–Kier alpha value is -1.94. The number of rotatable bonds is 3. The lowest BCUT2D eigenvalue weighted by Crippen LogP contribution is -2.29. The van der Waals surface area contributed by atoms with Gasteiger partial charge in [-0.25, -0.2) is 0 Å².